The van der Waals surface area contributed by atoms with Crippen molar-refractivity contribution in [3.05, 3.63) is 55.6 Å². The molecular weight excluding hydrogens is 1470 g/mol. The maximum absolute atomic E-state index is 13.1. The number of methoxy groups -OCH3 is 2. The van der Waals surface area contributed by atoms with Gasteiger partial charge in [-0.1, -0.05) is 207 Å². The van der Waals surface area contributed by atoms with E-state index in [0.717, 1.165) is 129 Å². The summed E-state index contributed by atoms with van der Waals surface area (Å²) in [6.07, 6.45) is 37.1. The lowest BCUT2D eigenvalue weighted by molar-refractivity contribution is -0.385. The Morgan fingerprint density at radius 2 is 0.687 bits per heavy atom. The molecule has 658 valence electrons. The molecule has 4 rings (SSSR count). The molecule has 2 heterocycles. The minimum absolute atomic E-state index is 0. The van der Waals surface area contributed by atoms with Gasteiger partial charge in [-0.25, -0.2) is 9.59 Å². The average molecular weight is 1620 g/mol. The topological polar surface area (TPSA) is 303 Å². The zero-order valence-electron chi connectivity index (χ0n) is 72.1. The number of ketones is 2. The molecule has 3 atom stereocenters. The lowest BCUT2D eigenvalue weighted by atomic mass is 9.72. The zero-order valence-corrected chi connectivity index (χ0v) is 72.1. The average Bonchev–Trinajstić information content (AvgIpc) is 1.51. The van der Waals surface area contributed by atoms with Crippen LogP contribution in [0.5, 0.6) is 23.0 Å². The highest BCUT2D eigenvalue weighted by Crippen LogP contribution is 2.45. The Labute approximate surface area is 691 Å². The number of nitrogens with zero attached hydrogens (tertiary/aromatic N) is 4. The molecule has 0 aromatic heterocycles. The van der Waals surface area contributed by atoms with Crippen LogP contribution in [0.2, 0.25) is 0 Å². The summed E-state index contributed by atoms with van der Waals surface area (Å²) in [5.41, 5.74) is 1.43. The number of Topliss-reactive ketones (excluding diaryl/α,β-unsaturated/α-hetero) is 2. The van der Waals surface area contributed by atoms with Gasteiger partial charge in [-0.15, -0.1) is 10.1 Å². The lowest BCUT2D eigenvalue weighted by Crippen LogP contribution is -2.37. The van der Waals surface area contributed by atoms with Crippen molar-refractivity contribution in [2.24, 2.45) is 21.7 Å². The van der Waals surface area contributed by atoms with Crippen LogP contribution in [0.1, 0.15) is 397 Å². The number of rotatable bonds is 65. The summed E-state index contributed by atoms with van der Waals surface area (Å²) in [6, 6.07) is 5.66. The van der Waals surface area contributed by atoms with Gasteiger partial charge in [-0.3, -0.25) is 49.0 Å². The molecule has 2 aromatic rings. The number of imide groups is 2. The molecule has 2 saturated heterocycles. The minimum atomic E-state index is -0.761. The van der Waals surface area contributed by atoms with Crippen molar-refractivity contribution >= 4 is 58.5 Å². The molecule has 24 nitrogen and oxygen atoms in total. The second-order valence-electron chi connectivity index (χ2n) is 32.5. The van der Waals surface area contributed by atoms with E-state index < -0.39 is 51.3 Å². The molecule has 0 radical (unpaired) electrons. The van der Waals surface area contributed by atoms with Crippen molar-refractivity contribution in [1.82, 2.24) is 10.1 Å². The van der Waals surface area contributed by atoms with Crippen LogP contribution in [0.4, 0.5) is 11.4 Å². The maximum Gasteiger partial charge on any atom is 0.333 e. The van der Waals surface area contributed by atoms with E-state index in [0.29, 0.717) is 44.9 Å². The number of carbonyl (C=O) groups is 8. The Bertz CT molecular complexity index is 3160. The van der Waals surface area contributed by atoms with E-state index in [2.05, 4.69) is 69.2 Å². The molecule has 2 aliphatic heterocycles. The van der Waals surface area contributed by atoms with Crippen LogP contribution in [-0.2, 0) is 57.5 Å². The Kier molecular flexibility index (Phi) is 53.3. The van der Waals surface area contributed by atoms with Crippen molar-refractivity contribution in [3.63, 3.8) is 0 Å². The molecule has 0 bridgehead atoms. The zero-order chi connectivity index (χ0) is 83.8. The van der Waals surface area contributed by atoms with Crippen LogP contribution in [0, 0.1) is 41.9 Å². The van der Waals surface area contributed by atoms with E-state index in [9.17, 15) is 58.6 Å². The molecule has 115 heavy (non-hydrogen) atoms. The number of hydrogen-bond acceptors (Lipinski definition) is 20. The maximum atomic E-state index is 13.1. The van der Waals surface area contributed by atoms with Crippen molar-refractivity contribution in [1.29, 1.82) is 0 Å². The van der Waals surface area contributed by atoms with Crippen molar-refractivity contribution in [3.8, 4) is 23.0 Å². The first-order chi connectivity index (χ1) is 54.2. The van der Waals surface area contributed by atoms with Gasteiger partial charge >= 0.3 is 11.9 Å². The molecule has 0 N–H and O–H groups in total. The van der Waals surface area contributed by atoms with Crippen molar-refractivity contribution in [2.45, 2.75) is 386 Å². The van der Waals surface area contributed by atoms with E-state index in [1.54, 1.807) is 19.1 Å². The standard InChI is InChI=1S/C53H90N2O11.C36H56N2O9.2CH4/c1-10-27-51(16-7,38-63-40-53(31-14-5,32-15-6)41-64-39-52(28-11-2,29-12-3)30-13-4)33-21-19-17-18-20-23-43(56)35-42(8)44-36-46(62-9)47(37-45(44)55(60)61)65-34-22-24-50(59)66-54-48(57)25-26-49(54)58;1-6-19-36(20-7-2,21-8-3)22-13-11-9-10-12-15-28(39)24-27(4)29-25-31(45-5)32(26-30(29)38(43)44)46-23-14-16-35(42)47-37-33(40)17-18-34(37)41;;/h36-37,42H,10-35,38-41H2,1-9H3;25-27H,6-24H2,1-5H3;2*1H4. The summed E-state index contributed by atoms with van der Waals surface area (Å²) in [5.74, 6) is -3.60. The highest BCUT2D eigenvalue weighted by atomic mass is 16.7. The van der Waals surface area contributed by atoms with Gasteiger partial charge in [0.1, 0.15) is 11.6 Å². The minimum Gasteiger partial charge on any atom is -0.493 e. The number of unbranched alkanes of at least 4 members (excludes halogenated alkanes) is 8. The molecule has 0 saturated carbocycles. The van der Waals surface area contributed by atoms with Crippen LogP contribution in [0.25, 0.3) is 0 Å². The van der Waals surface area contributed by atoms with Crippen LogP contribution in [0.3, 0.4) is 0 Å². The van der Waals surface area contributed by atoms with Gasteiger partial charge in [0, 0.05) is 67.9 Å². The third-order valence-electron chi connectivity index (χ3n) is 22.8. The van der Waals surface area contributed by atoms with Crippen LogP contribution >= 0.6 is 0 Å². The summed E-state index contributed by atoms with van der Waals surface area (Å²) in [5, 5.41) is 25.1. The third kappa shape index (κ3) is 37.2. The van der Waals surface area contributed by atoms with E-state index in [-0.39, 0.29) is 155 Å². The number of nitro benzene ring substituents is 2. The Morgan fingerprint density at radius 3 is 1.02 bits per heavy atom. The summed E-state index contributed by atoms with van der Waals surface area (Å²) in [7, 11) is 2.85. The molecule has 2 fully saturated rings. The Balaban J connectivity index is 0.00000119. The predicted octanol–water partition coefficient (Wildman–Crippen LogP) is 23.2. The number of benzene rings is 2. The van der Waals surface area contributed by atoms with Gasteiger partial charge in [0.2, 0.25) is 0 Å². The van der Waals surface area contributed by atoms with Gasteiger partial charge in [0.25, 0.3) is 35.0 Å². The van der Waals surface area contributed by atoms with Gasteiger partial charge in [0.15, 0.2) is 23.0 Å². The monoisotopic (exact) mass is 1620 g/mol. The normalized spacial score (nSPS) is 14.1. The lowest BCUT2D eigenvalue weighted by Gasteiger charge is -2.39. The smallest absolute Gasteiger partial charge is 0.333 e. The number of nitro groups is 2. The number of ether oxygens (including phenoxy) is 6. The molecule has 3 unspecified atom stereocenters. The second-order valence-corrected chi connectivity index (χ2v) is 32.5. The molecule has 24 heteroatoms. The van der Waals surface area contributed by atoms with Gasteiger partial charge < -0.3 is 38.1 Å². The predicted molar refractivity (Wildman–Crippen MR) is 453 cm³/mol. The van der Waals surface area contributed by atoms with Gasteiger partial charge in [-0.05, 0) is 143 Å². The van der Waals surface area contributed by atoms with E-state index in [1.807, 2.05) is 6.92 Å². The second kappa shape index (κ2) is 57.9. The first-order valence-corrected chi connectivity index (χ1v) is 43.5. The summed E-state index contributed by atoms with van der Waals surface area (Å²) >= 11 is 0. The highest BCUT2D eigenvalue weighted by molar-refractivity contribution is 6.02. The van der Waals surface area contributed by atoms with Crippen molar-refractivity contribution < 1.29 is 86.3 Å². The fourth-order valence-electron chi connectivity index (χ4n) is 17.3. The summed E-state index contributed by atoms with van der Waals surface area (Å²) in [4.78, 5) is 130. The highest BCUT2D eigenvalue weighted by Gasteiger charge is 2.38. The third-order valence-corrected chi connectivity index (χ3v) is 22.8. The number of amides is 4. The van der Waals surface area contributed by atoms with E-state index >= 15 is 0 Å². The molecule has 0 spiro atoms. The number of carbonyl (C=O) groups excluding carboxylic acids is 8. The SMILES string of the molecule is C.C.CCCC(CC)(CCCCCCCC(=O)CC(C)c1cc(OC)c(OCCCC(=O)ON2C(=O)CCC2=O)cc1[N+](=O)[O-])COCC(CCC)(CCC)COCC(CCC)(CCC)CCC.CCCC(CCC)(CCC)CCCCCCCC(=O)CC(C)c1cc(OC)c(OCCCC(=O)ON2C(=O)CCC2=O)cc1[N+](=O)[O-]. The largest absolute Gasteiger partial charge is 0.493 e. The molecular formula is C91H154N4O20. The Morgan fingerprint density at radius 1 is 0.391 bits per heavy atom. The summed E-state index contributed by atoms with van der Waals surface area (Å²) < 4.78 is 35.9. The molecule has 2 aromatic carbocycles. The molecule has 2 aliphatic rings. The van der Waals surface area contributed by atoms with E-state index in [4.69, 9.17) is 38.1 Å². The van der Waals surface area contributed by atoms with Crippen LogP contribution < -0.4 is 18.9 Å². The Hall–Kier alpha value is -7.08. The van der Waals surface area contributed by atoms with Crippen molar-refractivity contribution in [2.75, 3.05) is 53.9 Å². The van der Waals surface area contributed by atoms with Gasteiger partial charge in [0.05, 0.1) is 88.7 Å². The number of hydroxylamine groups is 4. The first-order valence-electron chi connectivity index (χ1n) is 43.5. The number of hydrogen-bond donors (Lipinski definition) is 0. The van der Waals surface area contributed by atoms with Crippen LogP contribution in [-0.4, -0.2) is 121 Å². The first kappa shape index (κ1) is 106. The molecule has 4 amide bonds. The quantitative estimate of drug-likeness (QED) is 0.0257. The fourth-order valence-corrected chi connectivity index (χ4v) is 17.3. The fraction of sp³-hybridized carbons (Fsp3) is 0.780. The van der Waals surface area contributed by atoms with E-state index in [1.165, 1.54) is 123 Å². The van der Waals surface area contributed by atoms with Gasteiger partial charge in [-0.2, -0.15) is 0 Å². The van der Waals surface area contributed by atoms with Crippen LogP contribution in [0.15, 0.2) is 24.3 Å². The molecule has 0 aliphatic carbocycles. The summed E-state index contributed by atoms with van der Waals surface area (Å²) in [6.45, 7) is 29.8.